The summed E-state index contributed by atoms with van der Waals surface area (Å²) in [6.07, 6.45) is -0.534. The third-order valence-corrected chi connectivity index (χ3v) is 5.24. The molecule has 0 spiro atoms. The molecule has 0 radical (unpaired) electrons. The minimum absolute atomic E-state index is 0.0272. The number of nitrogens with zero attached hydrogens (tertiary/aromatic N) is 1. The van der Waals surface area contributed by atoms with Gasteiger partial charge < -0.3 is 14.9 Å². The molecule has 3 aromatic carbocycles. The van der Waals surface area contributed by atoms with Crippen LogP contribution in [0.3, 0.4) is 0 Å². The molecule has 0 bridgehead atoms. The van der Waals surface area contributed by atoms with Crippen molar-refractivity contribution in [3.8, 4) is 11.5 Å². The van der Waals surface area contributed by atoms with Crippen molar-refractivity contribution >= 4 is 45.8 Å². The van der Waals surface area contributed by atoms with Crippen LogP contribution in [0.25, 0.3) is 10.8 Å². The number of rotatable bonds is 5. The molecule has 0 atom stereocenters. The fourth-order valence-corrected chi connectivity index (χ4v) is 4.00. The number of anilines is 1. The number of carbonyl (C=O) groups is 3. The number of aliphatic carboxylic acids is 1. The summed E-state index contributed by atoms with van der Waals surface area (Å²) in [6, 6.07) is 11.1. The van der Waals surface area contributed by atoms with Crippen molar-refractivity contribution in [1.29, 1.82) is 0 Å². The van der Waals surface area contributed by atoms with Crippen molar-refractivity contribution in [1.82, 2.24) is 0 Å². The van der Waals surface area contributed by atoms with Crippen LogP contribution in [0.2, 0.25) is 5.02 Å². The van der Waals surface area contributed by atoms with Crippen LogP contribution in [-0.4, -0.2) is 34.1 Å². The molecular weight excluding hydrogens is 422 g/mol. The van der Waals surface area contributed by atoms with Crippen LogP contribution in [0, 0.1) is 0 Å². The standard InChI is InChI=1S/C23H18ClNO6/c1-11(2)31-21-14-6-4-3-5-13(14)20(28)18-19(21)23(30)25(22(18)29)16-8-7-12(9-15(16)24)10-17(26)27/h3-9,11,28H,10H2,1-2H3,(H,26,27). The predicted molar refractivity (Wildman–Crippen MR) is 115 cm³/mol. The van der Waals surface area contributed by atoms with Crippen LogP contribution in [-0.2, 0) is 11.2 Å². The van der Waals surface area contributed by atoms with Gasteiger partial charge in [0, 0.05) is 10.8 Å². The molecule has 2 amide bonds. The lowest BCUT2D eigenvalue weighted by Crippen LogP contribution is -2.29. The maximum absolute atomic E-state index is 13.4. The van der Waals surface area contributed by atoms with Crippen LogP contribution >= 0.6 is 11.6 Å². The molecule has 31 heavy (non-hydrogen) atoms. The first kappa shape index (κ1) is 20.7. The molecular formula is C23H18ClNO6. The minimum Gasteiger partial charge on any atom is -0.506 e. The number of phenolic OH excluding ortho intramolecular Hbond substituents is 1. The fourth-order valence-electron chi connectivity index (χ4n) is 3.71. The van der Waals surface area contributed by atoms with Gasteiger partial charge in [-0.05, 0) is 31.5 Å². The summed E-state index contributed by atoms with van der Waals surface area (Å²) < 4.78 is 5.91. The second kappa shape index (κ2) is 7.59. The van der Waals surface area contributed by atoms with Crippen LogP contribution in [0.15, 0.2) is 42.5 Å². The monoisotopic (exact) mass is 439 g/mol. The highest BCUT2D eigenvalue weighted by atomic mass is 35.5. The minimum atomic E-state index is -1.03. The fraction of sp³-hybridized carbons (Fsp3) is 0.174. The Kier molecular flexibility index (Phi) is 5.07. The van der Waals surface area contributed by atoms with Gasteiger partial charge in [-0.25, -0.2) is 4.90 Å². The van der Waals surface area contributed by atoms with Crippen LogP contribution in [0.1, 0.15) is 40.1 Å². The smallest absolute Gasteiger partial charge is 0.307 e. The Morgan fingerprint density at radius 2 is 1.71 bits per heavy atom. The zero-order valence-corrected chi connectivity index (χ0v) is 17.4. The van der Waals surface area contributed by atoms with Crippen molar-refractivity contribution in [3.63, 3.8) is 0 Å². The van der Waals surface area contributed by atoms with Crippen molar-refractivity contribution in [2.24, 2.45) is 0 Å². The van der Waals surface area contributed by atoms with Gasteiger partial charge in [0.2, 0.25) is 0 Å². The van der Waals surface area contributed by atoms with Crippen LogP contribution in [0.5, 0.6) is 11.5 Å². The summed E-state index contributed by atoms with van der Waals surface area (Å²) >= 11 is 6.30. The van der Waals surface area contributed by atoms with Gasteiger partial charge in [-0.3, -0.25) is 14.4 Å². The van der Waals surface area contributed by atoms with Crippen LogP contribution < -0.4 is 9.64 Å². The zero-order valence-electron chi connectivity index (χ0n) is 16.7. The maximum Gasteiger partial charge on any atom is 0.307 e. The van der Waals surface area contributed by atoms with E-state index in [-0.39, 0.29) is 45.9 Å². The molecule has 0 aromatic heterocycles. The number of benzene rings is 3. The number of hydrogen-bond donors (Lipinski definition) is 2. The molecule has 0 unspecified atom stereocenters. The third-order valence-electron chi connectivity index (χ3n) is 4.94. The van der Waals surface area contributed by atoms with Crippen molar-refractivity contribution in [2.45, 2.75) is 26.4 Å². The van der Waals surface area contributed by atoms with Gasteiger partial charge in [-0.15, -0.1) is 0 Å². The SMILES string of the molecule is CC(C)Oc1c2c(c(O)c3ccccc13)C(=O)N(c1ccc(CC(=O)O)cc1Cl)C2=O. The van der Waals surface area contributed by atoms with Crippen molar-refractivity contribution in [2.75, 3.05) is 4.90 Å². The van der Waals surface area contributed by atoms with Gasteiger partial charge in [-0.2, -0.15) is 0 Å². The molecule has 0 aliphatic carbocycles. The van der Waals surface area contributed by atoms with Gasteiger partial charge in [0.1, 0.15) is 11.5 Å². The number of ether oxygens (including phenoxy) is 1. The van der Waals surface area contributed by atoms with E-state index in [0.717, 1.165) is 4.90 Å². The highest BCUT2D eigenvalue weighted by Gasteiger charge is 2.43. The van der Waals surface area contributed by atoms with E-state index >= 15 is 0 Å². The Balaban J connectivity index is 1.91. The average Bonchev–Trinajstić information content (AvgIpc) is 2.96. The predicted octanol–water partition coefficient (Wildman–Crippen LogP) is 4.41. The Labute approximate surface area is 182 Å². The highest BCUT2D eigenvalue weighted by Crippen LogP contribution is 2.46. The molecule has 0 fully saturated rings. The number of carboxylic acid groups (broad SMARTS) is 1. The summed E-state index contributed by atoms with van der Waals surface area (Å²) in [5, 5.41) is 20.8. The summed E-state index contributed by atoms with van der Waals surface area (Å²) in [4.78, 5) is 38.5. The second-order valence-corrected chi connectivity index (χ2v) is 7.85. The van der Waals surface area contributed by atoms with Gasteiger partial charge in [0.25, 0.3) is 11.8 Å². The number of amides is 2. The number of aromatic hydroxyl groups is 1. The lowest BCUT2D eigenvalue weighted by Gasteiger charge is -2.17. The van der Waals surface area contributed by atoms with E-state index in [9.17, 15) is 19.5 Å². The Hall–Kier alpha value is -3.58. The molecule has 0 saturated carbocycles. The quantitative estimate of drug-likeness (QED) is 0.570. The van der Waals surface area contributed by atoms with E-state index in [1.807, 2.05) is 0 Å². The summed E-state index contributed by atoms with van der Waals surface area (Å²) in [7, 11) is 0. The van der Waals surface area contributed by atoms with Crippen LogP contribution in [0.4, 0.5) is 5.69 Å². The lowest BCUT2D eigenvalue weighted by atomic mass is 9.99. The van der Waals surface area contributed by atoms with Gasteiger partial charge >= 0.3 is 5.97 Å². The summed E-state index contributed by atoms with van der Waals surface area (Å²) in [6.45, 7) is 3.59. The van der Waals surface area contributed by atoms with E-state index in [4.69, 9.17) is 21.4 Å². The first-order chi connectivity index (χ1) is 14.7. The number of phenols is 1. The molecule has 1 aliphatic heterocycles. The molecule has 158 valence electrons. The molecule has 8 heteroatoms. The number of carbonyl (C=O) groups excluding carboxylic acids is 2. The van der Waals surface area contributed by atoms with Gasteiger partial charge in [0.05, 0.1) is 34.4 Å². The van der Waals surface area contributed by atoms with Crippen molar-refractivity contribution < 1.29 is 29.3 Å². The first-order valence-corrected chi connectivity index (χ1v) is 9.91. The van der Waals surface area contributed by atoms with Gasteiger partial charge in [0.15, 0.2) is 0 Å². The summed E-state index contributed by atoms with van der Waals surface area (Å²) in [5.74, 6) is -2.52. The van der Waals surface area contributed by atoms with E-state index in [1.54, 1.807) is 38.1 Å². The van der Waals surface area contributed by atoms with E-state index < -0.39 is 17.8 Å². The third kappa shape index (κ3) is 3.37. The van der Waals surface area contributed by atoms with E-state index in [1.165, 1.54) is 18.2 Å². The highest BCUT2D eigenvalue weighted by molar-refractivity contribution is 6.41. The van der Waals surface area contributed by atoms with Crippen molar-refractivity contribution in [3.05, 3.63) is 64.2 Å². The topological polar surface area (TPSA) is 104 Å². The first-order valence-electron chi connectivity index (χ1n) is 9.54. The molecule has 2 N–H and O–H groups in total. The lowest BCUT2D eigenvalue weighted by molar-refractivity contribution is -0.136. The molecule has 7 nitrogen and oxygen atoms in total. The average molecular weight is 440 g/mol. The number of hydrogen-bond acceptors (Lipinski definition) is 5. The molecule has 1 heterocycles. The molecule has 3 aromatic rings. The number of halogens is 1. The number of carboxylic acids is 1. The normalized spacial score (nSPS) is 13.2. The molecule has 1 aliphatic rings. The number of imide groups is 1. The second-order valence-electron chi connectivity index (χ2n) is 7.44. The Bertz CT molecular complexity index is 1270. The van der Waals surface area contributed by atoms with E-state index in [0.29, 0.717) is 16.3 Å². The Morgan fingerprint density at radius 3 is 2.32 bits per heavy atom. The number of fused-ring (bicyclic) bond motifs is 2. The maximum atomic E-state index is 13.4. The Morgan fingerprint density at radius 1 is 1.06 bits per heavy atom. The largest absolute Gasteiger partial charge is 0.506 e. The summed E-state index contributed by atoms with van der Waals surface area (Å²) in [5.41, 5.74) is 0.349. The zero-order chi connectivity index (χ0) is 22.4. The molecule has 4 rings (SSSR count). The van der Waals surface area contributed by atoms with E-state index in [2.05, 4.69) is 0 Å². The molecule has 0 saturated heterocycles. The van der Waals surface area contributed by atoms with Gasteiger partial charge in [-0.1, -0.05) is 41.9 Å².